The van der Waals surface area contributed by atoms with Crippen LogP contribution in [0.5, 0.6) is 5.75 Å². The fourth-order valence-corrected chi connectivity index (χ4v) is 1.83. The lowest BCUT2D eigenvalue weighted by Crippen LogP contribution is -2.00. The van der Waals surface area contributed by atoms with Crippen LogP contribution in [-0.2, 0) is 13.0 Å². The molecule has 2 heterocycles. The molecule has 7 heteroatoms. The number of nitrogens with two attached hydrogens (primary N) is 1. The second-order valence-electron chi connectivity index (χ2n) is 4.42. The third-order valence-electron chi connectivity index (χ3n) is 2.76. The summed E-state index contributed by atoms with van der Waals surface area (Å²) in [4.78, 5) is 4.29. The Kier molecular flexibility index (Phi) is 3.08. The van der Waals surface area contributed by atoms with Gasteiger partial charge in [-0.3, -0.25) is 4.68 Å². The average molecular weight is 271 g/mol. The highest BCUT2D eigenvalue weighted by molar-refractivity contribution is 5.30. The Hall–Kier alpha value is -2.83. The Morgan fingerprint density at radius 3 is 2.75 bits per heavy atom. The van der Waals surface area contributed by atoms with E-state index in [1.165, 1.54) is 0 Å². The third kappa shape index (κ3) is 2.77. The molecule has 3 N–H and O–H groups in total. The van der Waals surface area contributed by atoms with Crippen LogP contribution in [0.25, 0.3) is 0 Å². The SMILES string of the molecule is Nc1cnn(Cc2nc(Cc3ccc(O)cc3)no2)c1. The normalized spacial score (nSPS) is 10.8. The van der Waals surface area contributed by atoms with Gasteiger partial charge in [0.2, 0.25) is 5.89 Å². The summed E-state index contributed by atoms with van der Waals surface area (Å²) in [6.07, 6.45) is 3.81. The van der Waals surface area contributed by atoms with Gasteiger partial charge in [-0.1, -0.05) is 17.3 Å². The van der Waals surface area contributed by atoms with Crippen molar-refractivity contribution in [2.75, 3.05) is 5.73 Å². The fraction of sp³-hybridized carbons (Fsp3) is 0.154. The fourth-order valence-electron chi connectivity index (χ4n) is 1.83. The zero-order chi connectivity index (χ0) is 13.9. The molecule has 0 aliphatic heterocycles. The highest BCUT2D eigenvalue weighted by Crippen LogP contribution is 2.12. The van der Waals surface area contributed by atoms with Gasteiger partial charge in [0.15, 0.2) is 5.82 Å². The first-order valence-electron chi connectivity index (χ1n) is 6.06. The highest BCUT2D eigenvalue weighted by atomic mass is 16.5. The van der Waals surface area contributed by atoms with Crippen molar-refractivity contribution in [2.24, 2.45) is 0 Å². The van der Waals surface area contributed by atoms with E-state index in [1.54, 1.807) is 29.2 Å². The van der Waals surface area contributed by atoms with Crippen molar-refractivity contribution >= 4 is 5.69 Å². The monoisotopic (exact) mass is 271 g/mol. The van der Waals surface area contributed by atoms with Gasteiger partial charge in [0.1, 0.15) is 12.3 Å². The van der Waals surface area contributed by atoms with Crippen LogP contribution >= 0.6 is 0 Å². The van der Waals surface area contributed by atoms with Crippen molar-refractivity contribution in [3.05, 3.63) is 53.9 Å². The van der Waals surface area contributed by atoms with Crippen LogP contribution < -0.4 is 5.73 Å². The zero-order valence-corrected chi connectivity index (χ0v) is 10.6. The molecule has 3 rings (SSSR count). The molecule has 0 fully saturated rings. The first kappa shape index (κ1) is 12.2. The molecule has 0 atom stereocenters. The minimum absolute atomic E-state index is 0.235. The van der Waals surface area contributed by atoms with E-state index in [0.29, 0.717) is 30.4 Å². The number of phenols is 1. The van der Waals surface area contributed by atoms with Gasteiger partial charge < -0.3 is 15.4 Å². The molecule has 0 aliphatic rings. The first-order valence-corrected chi connectivity index (χ1v) is 6.06. The predicted octanol–water partition coefficient (Wildman–Crippen LogP) is 1.19. The molecule has 0 bridgehead atoms. The average Bonchev–Trinajstić information content (AvgIpc) is 3.02. The van der Waals surface area contributed by atoms with E-state index < -0.39 is 0 Å². The van der Waals surface area contributed by atoms with E-state index in [2.05, 4.69) is 15.2 Å². The number of aromatic nitrogens is 4. The van der Waals surface area contributed by atoms with Crippen LogP contribution in [0, 0.1) is 0 Å². The molecule has 0 unspecified atom stereocenters. The standard InChI is InChI=1S/C13H13N5O2/c14-10-6-15-18(7-10)8-13-16-12(17-20-13)5-9-1-3-11(19)4-2-9/h1-4,6-7,19H,5,8,14H2. The molecule has 0 aliphatic carbocycles. The van der Waals surface area contributed by atoms with E-state index in [-0.39, 0.29) is 5.75 Å². The molecule has 0 saturated heterocycles. The number of aromatic hydroxyl groups is 1. The molecule has 7 nitrogen and oxygen atoms in total. The van der Waals surface area contributed by atoms with E-state index >= 15 is 0 Å². The summed E-state index contributed by atoms with van der Waals surface area (Å²) < 4.78 is 6.79. The highest BCUT2D eigenvalue weighted by Gasteiger charge is 2.08. The van der Waals surface area contributed by atoms with Crippen molar-refractivity contribution < 1.29 is 9.63 Å². The van der Waals surface area contributed by atoms with Crippen molar-refractivity contribution in [3.63, 3.8) is 0 Å². The van der Waals surface area contributed by atoms with Gasteiger partial charge in [-0.2, -0.15) is 10.1 Å². The first-order chi connectivity index (χ1) is 9.69. The minimum atomic E-state index is 0.235. The van der Waals surface area contributed by atoms with Gasteiger partial charge in [-0.05, 0) is 17.7 Å². The third-order valence-corrected chi connectivity index (χ3v) is 2.76. The Balaban J connectivity index is 1.68. The van der Waals surface area contributed by atoms with Crippen molar-refractivity contribution in [3.8, 4) is 5.75 Å². The smallest absolute Gasteiger partial charge is 0.248 e. The molecule has 0 saturated carbocycles. The minimum Gasteiger partial charge on any atom is -0.508 e. The second-order valence-corrected chi connectivity index (χ2v) is 4.42. The number of nitrogens with zero attached hydrogens (tertiary/aromatic N) is 4. The number of nitrogen functional groups attached to an aromatic ring is 1. The predicted molar refractivity (Wildman–Crippen MR) is 71.0 cm³/mol. The number of benzene rings is 1. The van der Waals surface area contributed by atoms with Crippen LogP contribution in [-0.4, -0.2) is 25.0 Å². The maximum absolute atomic E-state index is 9.22. The van der Waals surface area contributed by atoms with E-state index in [0.717, 1.165) is 5.56 Å². The lowest BCUT2D eigenvalue weighted by atomic mass is 10.1. The van der Waals surface area contributed by atoms with Crippen LogP contribution in [0.4, 0.5) is 5.69 Å². The van der Waals surface area contributed by atoms with Gasteiger partial charge in [0.05, 0.1) is 11.9 Å². The van der Waals surface area contributed by atoms with Crippen LogP contribution in [0.2, 0.25) is 0 Å². The molecule has 102 valence electrons. The molecule has 3 aromatic rings. The molecular formula is C13H13N5O2. The number of hydrogen-bond acceptors (Lipinski definition) is 6. The number of phenolic OH excluding ortho intramolecular Hbond substituents is 1. The molecule has 0 spiro atoms. The molecule has 1 aromatic carbocycles. The second kappa shape index (κ2) is 5.04. The van der Waals surface area contributed by atoms with Gasteiger partial charge >= 0.3 is 0 Å². The summed E-state index contributed by atoms with van der Waals surface area (Å²) >= 11 is 0. The number of anilines is 1. The largest absolute Gasteiger partial charge is 0.508 e. The Morgan fingerprint density at radius 1 is 1.25 bits per heavy atom. The van der Waals surface area contributed by atoms with Gasteiger partial charge in [-0.15, -0.1) is 0 Å². The Labute approximate surface area is 114 Å². The van der Waals surface area contributed by atoms with Crippen molar-refractivity contribution in [1.82, 2.24) is 19.9 Å². The van der Waals surface area contributed by atoms with Crippen LogP contribution in [0.3, 0.4) is 0 Å². The number of hydrogen-bond donors (Lipinski definition) is 2. The quantitative estimate of drug-likeness (QED) is 0.739. The lowest BCUT2D eigenvalue weighted by Gasteiger charge is -1.96. The van der Waals surface area contributed by atoms with Gasteiger partial charge in [0.25, 0.3) is 0 Å². The topological polar surface area (TPSA) is 103 Å². The van der Waals surface area contributed by atoms with Crippen LogP contribution in [0.15, 0.2) is 41.2 Å². The maximum atomic E-state index is 9.22. The zero-order valence-electron chi connectivity index (χ0n) is 10.6. The summed E-state index contributed by atoms with van der Waals surface area (Å²) in [7, 11) is 0. The summed E-state index contributed by atoms with van der Waals surface area (Å²) in [5, 5.41) is 17.2. The van der Waals surface area contributed by atoms with Gasteiger partial charge in [-0.25, -0.2) is 0 Å². The maximum Gasteiger partial charge on any atom is 0.248 e. The lowest BCUT2D eigenvalue weighted by molar-refractivity contribution is 0.362. The summed E-state index contributed by atoms with van der Waals surface area (Å²) in [5.41, 5.74) is 7.17. The molecule has 2 aromatic heterocycles. The molecular weight excluding hydrogens is 258 g/mol. The van der Waals surface area contributed by atoms with Gasteiger partial charge in [0, 0.05) is 12.6 Å². The van der Waals surface area contributed by atoms with Crippen LogP contribution in [0.1, 0.15) is 17.3 Å². The molecule has 0 radical (unpaired) electrons. The molecule has 0 amide bonds. The van der Waals surface area contributed by atoms with E-state index in [4.69, 9.17) is 10.3 Å². The van der Waals surface area contributed by atoms with E-state index in [1.807, 2.05) is 12.1 Å². The summed E-state index contributed by atoms with van der Waals surface area (Å²) in [5.74, 6) is 1.30. The number of rotatable bonds is 4. The van der Waals surface area contributed by atoms with E-state index in [9.17, 15) is 5.11 Å². The Bertz CT molecular complexity index is 702. The van der Waals surface area contributed by atoms with Crippen molar-refractivity contribution in [1.29, 1.82) is 0 Å². The molecule has 20 heavy (non-hydrogen) atoms. The summed E-state index contributed by atoms with van der Waals surface area (Å²) in [6.45, 7) is 0.389. The Morgan fingerprint density at radius 2 is 2.05 bits per heavy atom. The summed E-state index contributed by atoms with van der Waals surface area (Å²) in [6, 6.07) is 6.89. The van der Waals surface area contributed by atoms with Crippen molar-refractivity contribution in [2.45, 2.75) is 13.0 Å².